The Bertz CT molecular complexity index is 440. The number of hydrogen-bond donors (Lipinski definition) is 1. The molecular formula is C17H26BrNO3. The number of carbonyl (C=O) groups excluding carboxylic acids is 1. The van der Waals surface area contributed by atoms with E-state index in [4.69, 9.17) is 9.47 Å². The zero-order valence-corrected chi connectivity index (χ0v) is 15.2. The Morgan fingerprint density at radius 2 is 1.82 bits per heavy atom. The zero-order chi connectivity index (χ0) is 16.4. The van der Waals surface area contributed by atoms with E-state index in [1.807, 2.05) is 45.0 Å². The molecule has 1 aromatic carbocycles. The summed E-state index contributed by atoms with van der Waals surface area (Å²) in [5.74, 6) is -0.301. The average molecular weight is 372 g/mol. The summed E-state index contributed by atoms with van der Waals surface area (Å²) >= 11 is 3.41. The van der Waals surface area contributed by atoms with Crippen LogP contribution in [0.4, 0.5) is 5.69 Å². The molecule has 0 unspecified atom stereocenters. The highest BCUT2D eigenvalue weighted by Gasteiger charge is 2.15. The van der Waals surface area contributed by atoms with Crippen LogP contribution in [0.2, 0.25) is 0 Å². The number of hydrogen-bond acceptors (Lipinski definition) is 4. The predicted octanol–water partition coefficient (Wildman–Crippen LogP) is 4.39. The fourth-order valence-electron chi connectivity index (χ4n) is 1.83. The Morgan fingerprint density at radius 3 is 2.45 bits per heavy atom. The first-order valence-corrected chi connectivity index (χ1v) is 8.45. The second kappa shape index (κ2) is 9.85. The first-order valence-electron chi connectivity index (χ1n) is 7.66. The molecule has 0 aliphatic rings. The number of anilines is 1. The van der Waals surface area contributed by atoms with Crippen LogP contribution in [0.15, 0.2) is 28.7 Å². The Kier molecular flexibility index (Phi) is 8.49. The maximum absolute atomic E-state index is 11.4. The third-order valence-corrected chi connectivity index (χ3v) is 3.31. The van der Waals surface area contributed by atoms with E-state index in [0.29, 0.717) is 6.61 Å². The van der Waals surface area contributed by atoms with E-state index in [9.17, 15) is 4.79 Å². The topological polar surface area (TPSA) is 47.6 Å². The van der Waals surface area contributed by atoms with Crippen molar-refractivity contribution >= 4 is 27.6 Å². The van der Waals surface area contributed by atoms with Gasteiger partial charge in [-0.1, -0.05) is 15.9 Å². The Balaban J connectivity index is 1.95. The highest BCUT2D eigenvalue weighted by molar-refractivity contribution is 9.10. The van der Waals surface area contributed by atoms with Crippen LogP contribution >= 0.6 is 15.9 Å². The lowest BCUT2D eigenvalue weighted by atomic mass is 10.2. The molecule has 0 atom stereocenters. The van der Waals surface area contributed by atoms with Crippen molar-refractivity contribution in [3.8, 4) is 0 Å². The fraction of sp³-hybridized carbons (Fsp3) is 0.588. The summed E-state index contributed by atoms with van der Waals surface area (Å²) in [6.45, 7) is 7.12. The van der Waals surface area contributed by atoms with Crippen molar-refractivity contribution < 1.29 is 14.3 Å². The molecule has 0 saturated carbocycles. The average Bonchev–Trinajstić information content (AvgIpc) is 2.42. The molecule has 1 aromatic rings. The number of carbonyl (C=O) groups is 1. The number of rotatable bonds is 9. The highest BCUT2D eigenvalue weighted by Crippen LogP contribution is 2.14. The van der Waals surface area contributed by atoms with Crippen LogP contribution in [-0.2, 0) is 14.3 Å². The summed E-state index contributed by atoms with van der Waals surface area (Å²) in [5.41, 5.74) is 0.684. The molecule has 124 valence electrons. The number of nitrogens with one attached hydrogen (secondary N) is 1. The lowest BCUT2D eigenvalue weighted by molar-refractivity contribution is -0.160. The molecule has 0 saturated heterocycles. The molecule has 1 rings (SSSR count). The number of ether oxygens (including phenoxy) is 2. The molecule has 1 N–H and O–H groups in total. The van der Waals surface area contributed by atoms with Gasteiger partial charge >= 0.3 is 5.97 Å². The van der Waals surface area contributed by atoms with Gasteiger partial charge in [-0.15, -0.1) is 0 Å². The quantitative estimate of drug-likeness (QED) is 0.516. The smallest absolute Gasteiger partial charge is 0.332 e. The molecular weight excluding hydrogens is 346 g/mol. The first-order chi connectivity index (χ1) is 10.4. The lowest BCUT2D eigenvalue weighted by Crippen LogP contribution is -2.26. The molecule has 0 amide bonds. The molecule has 0 aliphatic carbocycles. The van der Waals surface area contributed by atoms with E-state index < -0.39 is 5.60 Å². The van der Waals surface area contributed by atoms with E-state index in [0.717, 1.165) is 36.0 Å². The standard InChI is InChI=1S/C17H26BrNO3/c1-17(2,3)22-16(20)13-21-12-6-4-5-11-19-15-9-7-14(18)8-10-15/h7-10,19H,4-6,11-13H2,1-3H3. The summed E-state index contributed by atoms with van der Waals surface area (Å²) in [6, 6.07) is 8.14. The number of unbranched alkanes of at least 4 members (excludes halogenated alkanes) is 2. The van der Waals surface area contributed by atoms with Gasteiger partial charge in [-0.2, -0.15) is 0 Å². The van der Waals surface area contributed by atoms with Gasteiger partial charge in [0.25, 0.3) is 0 Å². The van der Waals surface area contributed by atoms with Gasteiger partial charge in [0, 0.05) is 23.3 Å². The van der Waals surface area contributed by atoms with Gasteiger partial charge in [0.1, 0.15) is 12.2 Å². The summed E-state index contributed by atoms with van der Waals surface area (Å²) in [6.07, 6.45) is 3.09. The van der Waals surface area contributed by atoms with Gasteiger partial charge in [0.2, 0.25) is 0 Å². The molecule has 0 fully saturated rings. The van der Waals surface area contributed by atoms with Crippen LogP contribution in [0.1, 0.15) is 40.0 Å². The van der Waals surface area contributed by atoms with Crippen molar-refractivity contribution in [3.63, 3.8) is 0 Å². The van der Waals surface area contributed by atoms with Gasteiger partial charge in [0.15, 0.2) is 0 Å². The summed E-state index contributed by atoms with van der Waals surface area (Å²) in [4.78, 5) is 11.4. The largest absolute Gasteiger partial charge is 0.458 e. The van der Waals surface area contributed by atoms with Crippen molar-refractivity contribution in [2.75, 3.05) is 25.1 Å². The van der Waals surface area contributed by atoms with Gasteiger partial charge in [0.05, 0.1) is 0 Å². The molecule has 5 heteroatoms. The summed E-state index contributed by atoms with van der Waals surface area (Å²) in [5, 5.41) is 3.37. The molecule has 22 heavy (non-hydrogen) atoms. The number of halogens is 1. The minimum Gasteiger partial charge on any atom is -0.458 e. The van der Waals surface area contributed by atoms with Crippen LogP contribution in [-0.4, -0.2) is 31.3 Å². The zero-order valence-electron chi connectivity index (χ0n) is 13.7. The fourth-order valence-corrected chi connectivity index (χ4v) is 2.10. The van der Waals surface area contributed by atoms with Gasteiger partial charge in [-0.05, 0) is 64.3 Å². The van der Waals surface area contributed by atoms with Crippen molar-refractivity contribution in [2.24, 2.45) is 0 Å². The number of esters is 1. The molecule has 0 bridgehead atoms. The van der Waals surface area contributed by atoms with Gasteiger partial charge in [-0.3, -0.25) is 0 Å². The molecule has 0 aliphatic heterocycles. The summed E-state index contributed by atoms with van der Waals surface area (Å²) < 4.78 is 11.6. The SMILES string of the molecule is CC(C)(C)OC(=O)COCCCCCNc1ccc(Br)cc1. The van der Waals surface area contributed by atoms with Crippen LogP contribution in [0, 0.1) is 0 Å². The Labute approximate surface area is 141 Å². The lowest BCUT2D eigenvalue weighted by Gasteiger charge is -2.19. The monoisotopic (exact) mass is 371 g/mol. The second-order valence-corrected chi connectivity index (χ2v) is 7.05. The van der Waals surface area contributed by atoms with Crippen molar-refractivity contribution in [1.82, 2.24) is 0 Å². The van der Waals surface area contributed by atoms with Crippen molar-refractivity contribution in [1.29, 1.82) is 0 Å². The molecule has 4 nitrogen and oxygen atoms in total. The van der Waals surface area contributed by atoms with Gasteiger partial charge < -0.3 is 14.8 Å². The summed E-state index contributed by atoms with van der Waals surface area (Å²) in [7, 11) is 0. The van der Waals surface area contributed by atoms with E-state index in [-0.39, 0.29) is 12.6 Å². The van der Waals surface area contributed by atoms with E-state index in [1.54, 1.807) is 0 Å². The molecule has 0 heterocycles. The Hall–Kier alpha value is -1.07. The van der Waals surface area contributed by atoms with Crippen LogP contribution < -0.4 is 5.32 Å². The van der Waals surface area contributed by atoms with Crippen LogP contribution in [0.25, 0.3) is 0 Å². The third kappa shape index (κ3) is 9.79. The molecule has 0 radical (unpaired) electrons. The van der Waals surface area contributed by atoms with E-state index >= 15 is 0 Å². The van der Waals surface area contributed by atoms with E-state index in [2.05, 4.69) is 21.2 Å². The first kappa shape index (κ1) is 19.0. The maximum atomic E-state index is 11.4. The normalized spacial score (nSPS) is 11.3. The minimum absolute atomic E-state index is 0.0361. The van der Waals surface area contributed by atoms with E-state index in [1.165, 1.54) is 0 Å². The molecule has 0 aromatic heterocycles. The third-order valence-electron chi connectivity index (χ3n) is 2.78. The van der Waals surface area contributed by atoms with Gasteiger partial charge in [-0.25, -0.2) is 4.79 Å². The van der Waals surface area contributed by atoms with Crippen LogP contribution in [0.5, 0.6) is 0 Å². The predicted molar refractivity (Wildman–Crippen MR) is 93.1 cm³/mol. The highest BCUT2D eigenvalue weighted by atomic mass is 79.9. The Morgan fingerprint density at radius 1 is 1.14 bits per heavy atom. The van der Waals surface area contributed by atoms with Crippen molar-refractivity contribution in [2.45, 2.75) is 45.6 Å². The minimum atomic E-state index is -0.445. The maximum Gasteiger partial charge on any atom is 0.332 e. The molecule has 0 spiro atoms. The van der Waals surface area contributed by atoms with Crippen LogP contribution in [0.3, 0.4) is 0 Å². The van der Waals surface area contributed by atoms with Crippen molar-refractivity contribution in [3.05, 3.63) is 28.7 Å². The number of benzene rings is 1. The second-order valence-electron chi connectivity index (χ2n) is 6.13.